The molecule has 1 fully saturated rings. The zero-order valence-corrected chi connectivity index (χ0v) is 12.0. The van der Waals surface area contributed by atoms with E-state index in [0.29, 0.717) is 12.1 Å². The van der Waals surface area contributed by atoms with Crippen LogP contribution in [0.3, 0.4) is 0 Å². The number of ether oxygens (including phenoxy) is 1. The van der Waals surface area contributed by atoms with Crippen molar-refractivity contribution in [2.75, 3.05) is 32.8 Å². The van der Waals surface area contributed by atoms with Crippen LogP contribution in [0.4, 0.5) is 0 Å². The standard InChI is InChI=1S/C14H30N2O/c1-12(2)11-16(13(3)4)9-10-17-14-5-7-15-8-6-14/h12-15H,5-11H2,1-4H3. The van der Waals surface area contributed by atoms with Crippen molar-refractivity contribution < 1.29 is 4.74 Å². The van der Waals surface area contributed by atoms with Crippen molar-refractivity contribution in [2.45, 2.75) is 52.7 Å². The van der Waals surface area contributed by atoms with Crippen molar-refractivity contribution in [1.29, 1.82) is 0 Å². The zero-order chi connectivity index (χ0) is 12.7. The second-order valence-corrected chi connectivity index (χ2v) is 5.80. The number of hydrogen-bond donors (Lipinski definition) is 1. The minimum atomic E-state index is 0.490. The highest BCUT2D eigenvalue weighted by molar-refractivity contribution is 4.69. The van der Waals surface area contributed by atoms with E-state index in [1.807, 2.05) is 0 Å². The molecule has 0 spiro atoms. The maximum absolute atomic E-state index is 5.96. The Balaban J connectivity index is 2.17. The molecule has 0 aliphatic carbocycles. The van der Waals surface area contributed by atoms with E-state index in [-0.39, 0.29) is 0 Å². The summed E-state index contributed by atoms with van der Waals surface area (Å²) in [6, 6.07) is 0.619. The molecule has 1 aliphatic rings. The smallest absolute Gasteiger partial charge is 0.0600 e. The highest BCUT2D eigenvalue weighted by Crippen LogP contribution is 2.08. The second kappa shape index (κ2) is 8.06. The van der Waals surface area contributed by atoms with Crippen molar-refractivity contribution in [3.05, 3.63) is 0 Å². The van der Waals surface area contributed by atoms with Gasteiger partial charge in [0, 0.05) is 19.1 Å². The van der Waals surface area contributed by atoms with Gasteiger partial charge in [0.05, 0.1) is 12.7 Å². The molecule has 0 aromatic rings. The maximum atomic E-state index is 5.96. The SMILES string of the molecule is CC(C)CN(CCOC1CCNCC1)C(C)C. The van der Waals surface area contributed by atoms with E-state index in [1.54, 1.807) is 0 Å². The average Bonchev–Trinajstić information content (AvgIpc) is 2.28. The van der Waals surface area contributed by atoms with E-state index in [4.69, 9.17) is 4.74 Å². The lowest BCUT2D eigenvalue weighted by atomic mass is 10.1. The lowest BCUT2D eigenvalue weighted by Gasteiger charge is -2.29. The van der Waals surface area contributed by atoms with Crippen LogP contribution in [0.5, 0.6) is 0 Å². The number of nitrogens with zero attached hydrogens (tertiary/aromatic N) is 1. The molecular formula is C14H30N2O. The van der Waals surface area contributed by atoms with Gasteiger partial charge in [-0.3, -0.25) is 4.90 Å². The van der Waals surface area contributed by atoms with Gasteiger partial charge in [0.25, 0.3) is 0 Å². The van der Waals surface area contributed by atoms with Crippen molar-refractivity contribution in [3.8, 4) is 0 Å². The predicted octanol–water partition coefficient (Wildman–Crippen LogP) is 2.12. The van der Waals surface area contributed by atoms with E-state index < -0.39 is 0 Å². The third-order valence-electron chi connectivity index (χ3n) is 3.35. The first-order valence-corrected chi connectivity index (χ1v) is 7.16. The summed E-state index contributed by atoms with van der Waals surface area (Å²) < 4.78 is 5.96. The summed E-state index contributed by atoms with van der Waals surface area (Å²) in [5.74, 6) is 0.733. The molecule has 102 valence electrons. The first-order valence-electron chi connectivity index (χ1n) is 7.16. The molecule has 0 saturated carbocycles. The molecule has 1 aliphatic heterocycles. The summed E-state index contributed by atoms with van der Waals surface area (Å²) >= 11 is 0. The molecule has 0 radical (unpaired) electrons. The Morgan fingerprint density at radius 1 is 1.18 bits per heavy atom. The Bertz CT molecular complexity index is 189. The van der Waals surface area contributed by atoms with Gasteiger partial charge in [0.2, 0.25) is 0 Å². The Morgan fingerprint density at radius 3 is 2.35 bits per heavy atom. The van der Waals surface area contributed by atoms with Gasteiger partial charge in [-0.25, -0.2) is 0 Å². The largest absolute Gasteiger partial charge is 0.377 e. The van der Waals surface area contributed by atoms with Gasteiger partial charge < -0.3 is 10.1 Å². The lowest BCUT2D eigenvalue weighted by Crippen LogP contribution is -2.38. The molecule has 1 rings (SSSR count). The van der Waals surface area contributed by atoms with Crippen molar-refractivity contribution >= 4 is 0 Å². The second-order valence-electron chi connectivity index (χ2n) is 5.80. The Morgan fingerprint density at radius 2 is 1.82 bits per heavy atom. The zero-order valence-electron chi connectivity index (χ0n) is 12.0. The Hall–Kier alpha value is -0.120. The van der Waals surface area contributed by atoms with Gasteiger partial charge in [0.1, 0.15) is 0 Å². The molecule has 1 saturated heterocycles. The van der Waals surface area contributed by atoms with Crippen LogP contribution in [-0.2, 0) is 4.74 Å². The fraction of sp³-hybridized carbons (Fsp3) is 1.00. The van der Waals surface area contributed by atoms with Crippen molar-refractivity contribution in [3.63, 3.8) is 0 Å². The predicted molar refractivity (Wildman–Crippen MR) is 73.4 cm³/mol. The van der Waals surface area contributed by atoms with E-state index >= 15 is 0 Å². The molecule has 17 heavy (non-hydrogen) atoms. The van der Waals surface area contributed by atoms with E-state index in [9.17, 15) is 0 Å². The molecule has 0 unspecified atom stereocenters. The van der Waals surface area contributed by atoms with Gasteiger partial charge >= 0.3 is 0 Å². The van der Waals surface area contributed by atoms with Gasteiger partial charge in [-0.2, -0.15) is 0 Å². The lowest BCUT2D eigenvalue weighted by molar-refractivity contribution is 0.0143. The van der Waals surface area contributed by atoms with Crippen LogP contribution in [0.15, 0.2) is 0 Å². The van der Waals surface area contributed by atoms with Gasteiger partial charge in [-0.15, -0.1) is 0 Å². The molecule has 0 aromatic carbocycles. The minimum absolute atomic E-state index is 0.490. The molecule has 3 heteroatoms. The molecule has 0 aromatic heterocycles. The van der Waals surface area contributed by atoms with Gasteiger partial charge in [-0.05, 0) is 45.7 Å². The number of piperidine rings is 1. The van der Waals surface area contributed by atoms with E-state index in [1.165, 1.54) is 19.4 Å². The number of rotatable bonds is 7. The van der Waals surface area contributed by atoms with E-state index in [0.717, 1.165) is 32.2 Å². The molecule has 0 atom stereocenters. The fourth-order valence-corrected chi connectivity index (χ4v) is 2.33. The summed E-state index contributed by atoms with van der Waals surface area (Å²) in [4.78, 5) is 2.52. The highest BCUT2D eigenvalue weighted by atomic mass is 16.5. The summed E-state index contributed by atoms with van der Waals surface area (Å²) in [6.07, 6.45) is 2.84. The van der Waals surface area contributed by atoms with E-state index in [2.05, 4.69) is 37.9 Å². The summed E-state index contributed by atoms with van der Waals surface area (Å²) in [7, 11) is 0. The van der Waals surface area contributed by atoms with Crippen LogP contribution in [0.1, 0.15) is 40.5 Å². The fourth-order valence-electron chi connectivity index (χ4n) is 2.33. The van der Waals surface area contributed by atoms with Crippen LogP contribution >= 0.6 is 0 Å². The van der Waals surface area contributed by atoms with Crippen LogP contribution in [0.2, 0.25) is 0 Å². The molecule has 0 bridgehead atoms. The Labute approximate surface area is 107 Å². The quantitative estimate of drug-likeness (QED) is 0.740. The van der Waals surface area contributed by atoms with Crippen LogP contribution in [-0.4, -0.2) is 49.8 Å². The van der Waals surface area contributed by atoms with Gasteiger partial charge in [0.15, 0.2) is 0 Å². The van der Waals surface area contributed by atoms with Crippen molar-refractivity contribution in [1.82, 2.24) is 10.2 Å². The highest BCUT2D eigenvalue weighted by Gasteiger charge is 2.15. The Kier molecular flexibility index (Phi) is 7.09. The normalized spacial score (nSPS) is 18.5. The number of hydrogen-bond acceptors (Lipinski definition) is 3. The molecule has 1 heterocycles. The minimum Gasteiger partial charge on any atom is -0.377 e. The summed E-state index contributed by atoms with van der Waals surface area (Å²) in [5.41, 5.74) is 0. The third kappa shape index (κ3) is 6.39. The van der Waals surface area contributed by atoms with Gasteiger partial charge in [-0.1, -0.05) is 13.8 Å². The topological polar surface area (TPSA) is 24.5 Å². The molecule has 3 nitrogen and oxygen atoms in total. The van der Waals surface area contributed by atoms with Crippen LogP contribution in [0, 0.1) is 5.92 Å². The monoisotopic (exact) mass is 242 g/mol. The first-order chi connectivity index (χ1) is 8.09. The average molecular weight is 242 g/mol. The summed E-state index contributed by atoms with van der Waals surface area (Å²) in [6.45, 7) is 14.5. The molecule has 0 amide bonds. The first kappa shape index (κ1) is 14.9. The molecular weight excluding hydrogens is 212 g/mol. The van der Waals surface area contributed by atoms with Crippen molar-refractivity contribution in [2.24, 2.45) is 5.92 Å². The summed E-state index contributed by atoms with van der Waals surface area (Å²) in [5, 5.41) is 3.37. The van der Waals surface area contributed by atoms with Crippen LogP contribution in [0.25, 0.3) is 0 Å². The number of nitrogens with one attached hydrogen (secondary N) is 1. The molecule has 1 N–H and O–H groups in total. The third-order valence-corrected chi connectivity index (χ3v) is 3.35. The maximum Gasteiger partial charge on any atom is 0.0600 e. The van der Waals surface area contributed by atoms with Crippen LogP contribution < -0.4 is 5.32 Å².